The lowest BCUT2D eigenvalue weighted by atomic mass is 10.1. The van der Waals surface area contributed by atoms with Crippen LogP contribution in [0.25, 0.3) is 0 Å². The minimum atomic E-state index is 0.321. The lowest BCUT2D eigenvalue weighted by Crippen LogP contribution is -2.11. The smallest absolute Gasteiger partial charge is 0.231 e. The quantitative estimate of drug-likeness (QED) is 0.616. The zero-order valence-electron chi connectivity index (χ0n) is 7.97. The van der Waals surface area contributed by atoms with Gasteiger partial charge in [-0.25, -0.2) is 0 Å². The van der Waals surface area contributed by atoms with E-state index in [1.54, 1.807) is 0 Å². The number of hydrogen-bond donors (Lipinski definition) is 1. The van der Waals surface area contributed by atoms with Gasteiger partial charge in [0.15, 0.2) is 11.5 Å². The minimum absolute atomic E-state index is 0.321. The molecular weight excluding hydrogens is 202 g/mol. The summed E-state index contributed by atoms with van der Waals surface area (Å²) in [5.41, 5.74) is 2.38. The summed E-state index contributed by atoms with van der Waals surface area (Å²) in [4.78, 5) is 0. The number of aryl methyl sites for hydroxylation is 1. The molecule has 0 unspecified atom stereocenters. The van der Waals surface area contributed by atoms with Crippen LogP contribution in [0.4, 0.5) is 0 Å². The van der Waals surface area contributed by atoms with Crippen LogP contribution in [0, 0.1) is 6.92 Å². The van der Waals surface area contributed by atoms with Gasteiger partial charge in [-0.05, 0) is 30.2 Å². The summed E-state index contributed by atoms with van der Waals surface area (Å²) in [7, 11) is 0. The van der Waals surface area contributed by atoms with Gasteiger partial charge in [0.2, 0.25) is 6.79 Å². The first-order chi connectivity index (χ1) is 6.81. The van der Waals surface area contributed by atoms with Crippen molar-refractivity contribution in [3.63, 3.8) is 0 Å². The summed E-state index contributed by atoms with van der Waals surface area (Å²) in [6.07, 6.45) is 0. The Morgan fingerprint density at radius 3 is 2.79 bits per heavy atom. The van der Waals surface area contributed by atoms with Gasteiger partial charge in [0, 0.05) is 6.54 Å². The molecule has 0 saturated heterocycles. The third-order valence-corrected chi connectivity index (χ3v) is 2.43. The molecule has 0 saturated carbocycles. The van der Waals surface area contributed by atoms with Gasteiger partial charge in [-0.3, -0.25) is 5.32 Å². The van der Waals surface area contributed by atoms with Crippen molar-refractivity contribution in [3.8, 4) is 11.5 Å². The maximum Gasteiger partial charge on any atom is 0.231 e. The van der Waals surface area contributed by atoms with Crippen molar-refractivity contribution in [1.29, 1.82) is 0 Å². The second-order valence-electron chi connectivity index (χ2n) is 3.19. The predicted octanol–water partition coefficient (Wildman–Crippen LogP) is 2.01. The molecule has 0 spiro atoms. The normalized spacial score (nSPS) is 13.3. The Morgan fingerprint density at radius 1 is 1.36 bits per heavy atom. The predicted molar refractivity (Wildman–Crippen MR) is 54.9 cm³/mol. The summed E-state index contributed by atoms with van der Waals surface area (Å²) >= 11 is 5.55. The Labute approximate surface area is 88.0 Å². The van der Waals surface area contributed by atoms with Crippen molar-refractivity contribution in [2.75, 3.05) is 12.8 Å². The molecule has 0 atom stereocenters. The second-order valence-corrected chi connectivity index (χ2v) is 3.46. The van der Waals surface area contributed by atoms with E-state index < -0.39 is 0 Å². The average Bonchev–Trinajstić information content (AvgIpc) is 2.61. The molecule has 1 aromatic rings. The fourth-order valence-corrected chi connectivity index (χ4v) is 1.55. The fraction of sp³-hybridized carbons (Fsp3) is 0.400. The van der Waals surface area contributed by atoms with Crippen LogP contribution in [0.1, 0.15) is 11.1 Å². The van der Waals surface area contributed by atoms with Crippen molar-refractivity contribution in [1.82, 2.24) is 5.32 Å². The number of hydrogen-bond acceptors (Lipinski definition) is 3. The van der Waals surface area contributed by atoms with Gasteiger partial charge in [-0.1, -0.05) is 0 Å². The molecule has 1 N–H and O–H groups in total. The summed E-state index contributed by atoms with van der Waals surface area (Å²) in [6, 6.07) is 4.44. The average molecular weight is 214 g/mol. The maximum atomic E-state index is 5.55. The monoisotopic (exact) mass is 213 g/mol. The molecular formula is C10H12ClNO2. The molecule has 2 rings (SSSR count). The van der Waals surface area contributed by atoms with Crippen LogP contribution >= 0.6 is 11.6 Å². The molecule has 14 heavy (non-hydrogen) atoms. The highest BCUT2D eigenvalue weighted by Crippen LogP contribution is 2.34. The van der Waals surface area contributed by atoms with Crippen LogP contribution in [0.15, 0.2) is 12.1 Å². The summed E-state index contributed by atoms with van der Waals surface area (Å²) < 4.78 is 10.6. The topological polar surface area (TPSA) is 30.5 Å². The van der Waals surface area contributed by atoms with Gasteiger partial charge < -0.3 is 9.47 Å². The van der Waals surface area contributed by atoms with Crippen molar-refractivity contribution >= 4 is 11.6 Å². The number of ether oxygens (including phenoxy) is 2. The standard InChI is InChI=1S/C10H12ClNO2/c1-7-2-9-10(14-6-13-9)3-8(7)4-12-5-11/h2-3,12H,4-6H2,1H3. The Balaban J connectivity index is 2.23. The summed E-state index contributed by atoms with van der Waals surface area (Å²) in [6.45, 7) is 3.13. The van der Waals surface area contributed by atoms with Crippen LogP contribution < -0.4 is 14.8 Å². The first-order valence-corrected chi connectivity index (χ1v) is 5.00. The number of halogens is 1. The van der Waals surface area contributed by atoms with Crippen molar-refractivity contribution in [2.45, 2.75) is 13.5 Å². The molecule has 0 radical (unpaired) electrons. The molecule has 1 heterocycles. The van der Waals surface area contributed by atoms with Crippen LogP contribution in [0.2, 0.25) is 0 Å². The van der Waals surface area contributed by atoms with Crippen LogP contribution in [0.5, 0.6) is 11.5 Å². The number of nitrogens with one attached hydrogen (secondary N) is 1. The van der Waals surface area contributed by atoms with Crippen molar-refractivity contribution in [2.24, 2.45) is 0 Å². The van der Waals surface area contributed by atoms with E-state index >= 15 is 0 Å². The minimum Gasteiger partial charge on any atom is -0.454 e. The Kier molecular flexibility index (Phi) is 2.79. The Bertz CT molecular complexity index is 341. The second kappa shape index (κ2) is 4.07. The van der Waals surface area contributed by atoms with Gasteiger partial charge in [-0.2, -0.15) is 0 Å². The maximum absolute atomic E-state index is 5.55. The first kappa shape index (κ1) is 9.62. The molecule has 0 amide bonds. The van der Waals surface area contributed by atoms with E-state index in [0.717, 1.165) is 18.0 Å². The highest BCUT2D eigenvalue weighted by Gasteiger charge is 2.14. The van der Waals surface area contributed by atoms with E-state index in [-0.39, 0.29) is 0 Å². The van der Waals surface area contributed by atoms with Gasteiger partial charge >= 0.3 is 0 Å². The van der Waals surface area contributed by atoms with Crippen molar-refractivity contribution < 1.29 is 9.47 Å². The van der Waals surface area contributed by atoms with Gasteiger partial charge in [0.25, 0.3) is 0 Å². The van der Waals surface area contributed by atoms with Gasteiger partial charge in [0.05, 0.1) is 6.00 Å². The Hall–Kier alpha value is -0.930. The number of fused-ring (bicyclic) bond motifs is 1. The Morgan fingerprint density at radius 2 is 2.07 bits per heavy atom. The lowest BCUT2D eigenvalue weighted by molar-refractivity contribution is 0.174. The van der Waals surface area contributed by atoms with E-state index in [0.29, 0.717) is 12.8 Å². The molecule has 0 aliphatic carbocycles. The third kappa shape index (κ3) is 1.79. The van der Waals surface area contributed by atoms with E-state index in [2.05, 4.69) is 5.32 Å². The SMILES string of the molecule is Cc1cc2c(cc1CNCCl)OCO2. The van der Waals surface area contributed by atoms with E-state index in [9.17, 15) is 0 Å². The zero-order valence-corrected chi connectivity index (χ0v) is 8.73. The molecule has 0 aromatic heterocycles. The van der Waals surface area contributed by atoms with E-state index in [1.807, 2.05) is 19.1 Å². The molecule has 76 valence electrons. The molecule has 0 fully saturated rings. The highest BCUT2D eigenvalue weighted by atomic mass is 35.5. The zero-order chi connectivity index (χ0) is 9.97. The van der Waals surface area contributed by atoms with Crippen LogP contribution in [-0.4, -0.2) is 12.8 Å². The molecule has 4 heteroatoms. The van der Waals surface area contributed by atoms with Gasteiger partial charge in [0.1, 0.15) is 0 Å². The van der Waals surface area contributed by atoms with Gasteiger partial charge in [-0.15, -0.1) is 11.6 Å². The lowest BCUT2D eigenvalue weighted by Gasteiger charge is -2.07. The van der Waals surface area contributed by atoms with Crippen LogP contribution in [0.3, 0.4) is 0 Å². The first-order valence-electron chi connectivity index (χ1n) is 4.47. The van der Waals surface area contributed by atoms with Crippen LogP contribution in [-0.2, 0) is 6.54 Å². The fourth-order valence-electron chi connectivity index (χ4n) is 1.46. The molecule has 0 bridgehead atoms. The molecule has 3 nitrogen and oxygen atoms in total. The number of rotatable bonds is 3. The number of benzene rings is 1. The number of alkyl halides is 1. The van der Waals surface area contributed by atoms with E-state index in [4.69, 9.17) is 21.1 Å². The highest BCUT2D eigenvalue weighted by molar-refractivity contribution is 6.17. The summed E-state index contributed by atoms with van der Waals surface area (Å²) in [5.74, 6) is 1.65. The molecule has 1 aliphatic heterocycles. The largest absolute Gasteiger partial charge is 0.454 e. The third-order valence-electron chi connectivity index (χ3n) is 2.24. The molecule has 1 aromatic carbocycles. The molecule has 1 aliphatic rings. The van der Waals surface area contributed by atoms with E-state index in [1.165, 1.54) is 11.1 Å². The summed E-state index contributed by atoms with van der Waals surface area (Å²) in [5, 5.41) is 3.07. The van der Waals surface area contributed by atoms with Crippen molar-refractivity contribution in [3.05, 3.63) is 23.3 Å².